The van der Waals surface area contributed by atoms with Crippen LogP contribution in [0.15, 0.2) is 12.1 Å². The van der Waals surface area contributed by atoms with Crippen molar-refractivity contribution in [1.82, 2.24) is 0 Å². The van der Waals surface area contributed by atoms with Gasteiger partial charge in [0, 0.05) is 0 Å². The van der Waals surface area contributed by atoms with Crippen LogP contribution >= 0.6 is 0 Å². The molecular weight excluding hydrogens is 228 g/mol. The minimum Gasteiger partial charge on any atom is -0.504 e. The molecule has 0 atom stereocenters. The van der Waals surface area contributed by atoms with Crippen LogP contribution in [0.5, 0.6) is 11.5 Å². The number of hydrogen-bond donors (Lipinski definition) is 2. The molecule has 0 aliphatic heterocycles. The van der Waals surface area contributed by atoms with Gasteiger partial charge in [-0.3, -0.25) is 0 Å². The van der Waals surface area contributed by atoms with E-state index in [1.807, 2.05) is 13.0 Å². The molecular formula is C14H24O2Si. The van der Waals surface area contributed by atoms with Crippen LogP contribution in [0.3, 0.4) is 0 Å². The molecule has 0 saturated carbocycles. The van der Waals surface area contributed by atoms with Gasteiger partial charge in [-0.2, -0.15) is 0 Å². The summed E-state index contributed by atoms with van der Waals surface area (Å²) < 4.78 is 0. The van der Waals surface area contributed by atoms with E-state index in [4.69, 9.17) is 0 Å². The van der Waals surface area contributed by atoms with Crippen LogP contribution in [-0.2, 0) is 6.04 Å². The lowest BCUT2D eigenvalue weighted by Crippen LogP contribution is -2.34. The fourth-order valence-corrected chi connectivity index (χ4v) is 5.82. The zero-order valence-corrected chi connectivity index (χ0v) is 12.4. The van der Waals surface area contributed by atoms with Crippen molar-refractivity contribution in [2.24, 2.45) is 0 Å². The van der Waals surface area contributed by atoms with E-state index in [0.717, 1.165) is 17.2 Å². The van der Waals surface area contributed by atoms with Crippen molar-refractivity contribution in [1.29, 1.82) is 0 Å². The normalized spacial score (nSPS) is 11.8. The lowest BCUT2D eigenvalue weighted by molar-refractivity contribution is 0.400. The molecule has 96 valence electrons. The van der Waals surface area contributed by atoms with Gasteiger partial charge in [-0.1, -0.05) is 45.0 Å². The third-order valence-corrected chi connectivity index (χ3v) is 9.76. The summed E-state index contributed by atoms with van der Waals surface area (Å²) in [5.41, 5.74) is 1.95. The first-order chi connectivity index (χ1) is 7.98. The standard InChI is InChI=1S/C14H24O2Si/c1-5-17(6-2,7-3)10-12-8-11(4)9-13(15)14(12)16/h8-9,15-16H,5-7,10H2,1-4H3. The Balaban J connectivity index is 3.09. The largest absolute Gasteiger partial charge is 0.504 e. The number of aromatic hydroxyl groups is 2. The summed E-state index contributed by atoms with van der Waals surface area (Å²) in [6.45, 7) is 8.72. The number of phenols is 2. The SMILES string of the molecule is CC[Si](CC)(CC)Cc1cc(C)cc(O)c1O. The summed E-state index contributed by atoms with van der Waals surface area (Å²) in [5.74, 6) is 0.106. The number of hydrogen-bond acceptors (Lipinski definition) is 2. The second-order valence-corrected chi connectivity index (χ2v) is 10.5. The van der Waals surface area contributed by atoms with Gasteiger partial charge in [0.2, 0.25) is 0 Å². The zero-order valence-electron chi connectivity index (χ0n) is 11.4. The molecule has 3 heteroatoms. The number of aryl methyl sites for hydroxylation is 1. The number of rotatable bonds is 5. The lowest BCUT2D eigenvalue weighted by atomic mass is 10.1. The highest BCUT2D eigenvalue weighted by atomic mass is 28.3. The molecule has 1 rings (SSSR count). The first kappa shape index (κ1) is 14.1. The van der Waals surface area contributed by atoms with Gasteiger partial charge in [0.1, 0.15) is 0 Å². The third kappa shape index (κ3) is 3.03. The highest BCUT2D eigenvalue weighted by molar-refractivity contribution is 6.79. The molecule has 0 heterocycles. The second kappa shape index (κ2) is 5.58. The summed E-state index contributed by atoms with van der Waals surface area (Å²) in [5, 5.41) is 19.6. The smallest absolute Gasteiger partial charge is 0.160 e. The summed E-state index contributed by atoms with van der Waals surface area (Å²) in [7, 11) is -1.31. The van der Waals surface area contributed by atoms with Gasteiger partial charge >= 0.3 is 0 Å². The van der Waals surface area contributed by atoms with Gasteiger partial charge in [-0.05, 0) is 30.2 Å². The van der Waals surface area contributed by atoms with Crippen LogP contribution in [0.25, 0.3) is 0 Å². The summed E-state index contributed by atoms with van der Waals surface area (Å²) in [6.07, 6.45) is 0. The average Bonchev–Trinajstić information content (AvgIpc) is 2.32. The molecule has 0 aliphatic carbocycles. The van der Waals surface area contributed by atoms with E-state index in [1.54, 1.807) is 6.07 Å². The predicted molar refractivity (Wildman–Crippen MR) is 75.4 cm³/mol. The van der Waals surface area contributed by atoms with Crippen molar-refractivity contribution in [2.45, 2.75) is 51.9 Å². The quantitative estimate of drug-likeness (QED) is 0.614. The fraction of sp³-hybridized carbons (Fsp3) is 0.571. The Morgan fingerprint density at radius 1 is 1.00 bits per heavy atom. The van der Waals surface area contributed by atoms with Crippen molar-refractivity contribution in [3.63, 3.8) is 0 Å². The van der Waals surface area contributed by atoms with Gasteiger partial charge in [-0.15, -0.1) is 0 Å². The van der Waals surface area contributed by atoms with Crippen LogP contribution in [0.4, 0.5) is 0 Å². The average molecular weight is 252 g/mol. The third-order valence-electron chi connectivity index (χ3n) is 4.13. The molecule has 0 radical (unpaired) electrons. The van der Waals surface area contributed by atoms with Crippen molar-refractivity contribution in [3.8, 4) is 11.5 Å². The molecule has 0 amide bonds. The molecule has 0 unspecified atom stereocenters. The molecule has 0 aliphatic rings. The van der Waals surface area contributed by atoms with Crippen LogP contribution in [0.1, 0.15) is 31.9 Å². The lowest BCUT2D eigenvalue weighted by Gasteiger charge is -2.28. The molecule has 0 aromatic heterocycles. The maximum Gasteiger partial charge on any atom is 0.160 e. The molecule has 2 nitrogen and oxygen atoms in total. The van der Waals surface area contributed by atoms with Gasteiger partial charge in [0.15, 0.2) is 11.5 Å². The zero-order chi connectivity index (χ0) is 13.1. The monoisotopic (exact) mass is 252 g/mol. The molecule has 0 saturated heterocycles. The minimum atomic E-state index is -1.31. The van der Waals surface area contributed by atoms with Gasteiger partial charge in [0.25, 0.3) is 0 Å². The summed E-state index contributed by atoms with van der Waals surface area (Å²) in [6, 6.07) is 8.29. The van der Waals surface area contributed by atoms with E-state index < -0.39 is 8.07 Å². The predicted octanol–water partition coefficient (Wildman–Crippen LogP) is 4.00. The number of benzene rings is 1. The Bertz CT molecular complexity index is 376. The van der Waals surface area contributed by atoms with Crippen molar-refractivity contribution in [3.05, 3.63) is 23.3 Å². The van der Waals surface area contributed by atoms with E-state index in [2.05, 4.69) is 20.8 Å². The topological polar surface area (TPSA) is 40.5 Å². The summed E-state index contributed by atoms with van der Waals surface area (Å²) in [4.78, 5) is 0. The molecule has 0 fully saturated rings. The summed E-state index contributed by atoms with van der Waals surface area (Å²) >= 11 is 0. The van der Waals surface area contributed by atoms with E-state index in [-0.39, 0.29) is 11.5 Å². The Hall–Kier alpha value is -0.963. The molecule has 17 heavy (non-hydrogen) atoms. The van der Waals surface area contributed by atoms with Crippen LogP contribution in [0, 0.1) is 6.92 Å². The maximum atomic E-state index is 9.94. The molecule has 2 N–H and O–H groups in total. The van der Waals surface area contributed by atoms with Crippen LogP contribution < -0.4 is 0 Å². The maximum absolute atomic E-state index is 9.94. The van der Waals surface area contributed by atoms with E-state index in [9.17, 15) is 10.2 Å². The second-order valence-electron chi connectivity index (χ2n) is 5.03. The van der Waals surface area contributed by atoms with Crippen molar-refractivity contribution in [2.75, 3.05) is 0 Å². The molecule has 0 bridgehead atoms. The van der Waals surface area contributed by atoms with E-state index >= 15 is 0 Å². The Morgan fingerprint density at radius 3 is 2.00 bits per heavy atom. The fourth-order valence-electron chi connectivity index (χ4n) is 2.50. The van der Waals surface area contributed by atoms with Crippen LogP contribution in [-0.4, -0.2) is 18.3 Å². The number of phenolic OH excluding ortho intramolecular Hbond substituents is 2. The first-order valence-corrected chi connectivity index (χ1v) is 9.32. The Labute approximate surface area is 105 Å². The van der Waals surface area contributed by atoms with Crippen LogP contribution in [0.2, 0.25) is 18.1 Å². The molecule has 0 spiro atoms. The van der Waals surface area contributed by atoms with Gasteiger partial charge < -0.3 is 10.2 Å². The molecule has 1 aromatic rings. The molecule has 1 aromatic carbocycles. The van der Waals surface area contributed by atoms with Crippen molar-refractivity contribution < 1.29 is 10.2 Å². The highest BCUT2D eigenvalue weighted by Crippen LogP contribution is 2.35. The highest BCUT2D eigenvalue weighted by Gasteiger charge is 2.28. The minimum absolute atomic E-state index is 0.0196. The van der Waals surface area contributed by atoms with E-state index in [0.29, 0.717) is 0 Å². The van der Waals surface area contributed by atoms with Gasteiger partial charge in [0.05, 0.1) is 8.07 Å². The Morgan fingerprint density at radius 2 is 1.53 bits per heavy atom. The first-order valence-electron chi connectivity index (χ1n) is 6.49. The van der Waals surface area contributed by atoms with E-state index in [1.165, 1.54) is 18.1 Å². The van der Waals surface area contributed by atoms with Gasteiger partial charge in [-0.25, -0.2) is 0 Å². The Kier molecular flexibility index (Phi) is 4.63. The van der Waals surface area contributed by atoms with Crippen molar-refractivity contribution >= 4 is 8.07 Å².